The van der Waals surface area contributed by atoms with E-state index in [1.807, 2.05) is 37.3 Å². The van der Waals surface area contributed by atoms with Crippen LogP contribution in [0, 0.1) is 6.92 Å². The van der Waals surface area contributed by atoms with E-state index in [0.717, 1.165) is 33.7 Å². The Kier molecular flexibility index (Phi) is 3.74. The first-order chi connectivity index (χ1) is 10.7. The van der Waals surface area contributed by atoms with Crippen molar-refractivity contribution < 1.29 is 4.42 Å². The highest BCUT2D eigenvalue weighted by Gasteiger charge is 2.19. The molecule has 22 heavy (non-hydrogen) atoms. The van der Waals surface area contributed by atoms with Crippen molar-refractivity contribution in [3.8, 4) is 22.5 Å². The largest absolute Gasteiger partial charge is 0.464 e. The van der Waals surface area contributed by atoms with Crippen LogP contribution >= 0.6 is 0 Å². The third-order valence-electron chi connectivity index (χ3n) is 3.53. The number of nitrogens with two attached hydrogens (primary N) is 1. The first kappa shape index (κ1) is 14.1. The highest BCUT2D eigenvalue weighted by molar-refractivity contribution is 6.00. The summed E-state index contributed by atoms with van der Waals surface area (Å²) >= 11 is 0. The lowest BCUT2D eigenvalue weighted by Gasteiger charge is -2.15. The molecule has 0 radical (unpaired) electrons. The molecule has 0 unspecified atom stereocenters. The maximum Gasteiger partial charge on any atom is 0.135 e. The molecule has 4 nitrogen and oxygen atoms in total. The molecule has 2 aromatic heterocycles. The van der Waals surface area contributed by atoms with E-state index in [9.17, 15) is 0 Å². The molecule has 4 heteroatoms. The van der Waals surface area contributed by atoms with Gasteiger partial charge in [0.2, 0.25) is 0 Å². The lowest BCUT2D eigenvalue weighted by atomic mass is 9.93. The minimum absolute atomic E-state index is 0.453. The highest BCUT2D eigenvalue weighted by Crippen LogP contribution is 2.38. The molecule has 0 bridgehead atoms. The number of nitrogen functional groups attached to an aromatic ring is 1. The molecule has 0 amide bonds. The molecular weight excluding hydrogens is 274 g/mol. The molecule has 2 N–H and O–H groups in total. The number of aryl methyl sites for hydroxylation is 1. The van der Waals surface area contributed by atoms with Crippen LogP contribution in [0.25, 0.3) is 22.5 Å². The second-order valence-corrected chi connectivity index (χ2v) is 4.98. The molecule has 0 aliphatic heterocycles. The maximum atomic E-state index is 6.12. The summed E-state index contributed by atoms with van der Waals surface area (Å²) in [4.78, 5) is 8.60. The zero-order valence-electron chi connectivity index (χ0n) is 12.6. The molecule has 3 aromatic rings. The number of nitrogens with zero attached hydrogens (tertiary/aromatic N) is 2. The minimum atomic E-state index is 0.453. The summed E-state index contributed by atoms with van der Waals surface area (Å²) in [5.41, 5.74) is 10.8. The van der Waals surface area contributed by atoms with Crippen LogP contribution in [-0.4, -0.2) is 18.2 Å². The zero-order valence-corrected chi connectivity index (χ0v) is 12.6. The van der Waals surface area contributed by atoms with Gasteiger partial charge in [-0.1, -0.05) is 30.3 Å². The van der Waals surface area contributed by atoms with Gasteiger partial charge in [-0.3, -0.25) is 4.99 Å². The Morgan fingerprint density at radius 1 is 1.09 bits per heavy atom. The molecule has 0 aliphatic carbocycles. The van der Waals surface area contributed by atoms with E-state index >= 15 is 0 Å². The highest BCUT2D eigenvalue weighted by atomic mass is 16.3. The molecule has 110 valence electrons. The van der Waals surface area contributed by atoms with Gasteiger partial charge in [-0.05, 0) is 24.6 Å². The zero-order chi connectivity index (χ0) is 15.5. The monoisotopic (exact) mass is 291 g/mol. The Bertz CT molecular complexity index is 806. The first-order valence-electron chi connectivity index (χ1n) is 7.04. The predicted octanol–water partition coefficient (Wildman–Crippen LogP) is 3.95. The lowest BCUT2D eigenvalue weighted by Crippen LogP contribution is -2.04. The summed E-state index contributed by atoms with van der Waals surface area (Å²) in [7, 11) is 1.72. The van der Waals surface area contributed by atoms with Crippen LogP contribution < -0.4 is 5.73 Å². The average Bonchev–Trinajstić information content (AvgIpc) is 3.04. The van der Waals surface area contributed by atoms with E-state index in [-0.39, 0.29) is 0 Å². The van der Waals surface area contributed by atoms with E-state index in [0.29, 0.717) is 5.82 Å². The molecule has 0 fully saturated rings. The van der Waals surface area contributed by atoms with Crippen molar-refractivity contribution >= 4 is 12.0 Å². The lowest BCUT2D eigenvalue weighted by molar-refractivity contribution is 0.582. The van der Waals surface area contributed by atoms with Crippen molar-refractivity contribution in [2.75, 3.05) is 12.8 Å². The van der Waals surface area contributed by atoms with Gasteiger partial charge in [-0.15, -0.1) is 0 Å². The van der Waals surface area contributed by atoms with Gasteiger partial charge in [-0.25, -0.2) is 4.98 Å². The summed E-state index contributed by atoms with van der Waals surface area (Å²) in [6.45, 7) is 1.96. The van der Waals surface area contributed by atoms with Gasteiger partial charge in [0, 0.05) is 35.6 Å². The minimum Gasteiger partial charge on any atom is -0.464 e. The number of aliphatic imine (C=N–C) groups is 1. The van der Waals surface area contributed by atoms with Gasteiger partial charge in [0.1, 0.15) is 11.6 Å². The van der Waals surface area contributed by atoms with Crippen LogP contribution in [0.4, 0.5) is 5.82 Å². The van der Waals surface area contributed by atoms with Gasteiger partial charge in [0.25, 0.3) is 0 Å². The Labute approximate surface area is 129 Å². The number of benzene rings is 1. The van der Waals surface area contributed by atoms with Crippen LogP contribution in [0.2, 0.25) is 0 Å². The van der Waals surface area contributed by atoms with E-state index in [4.69, 9.17) is 10.2 Å². The average molecular weight is 291 g/mol. The molecule has 3 rings (SSSR count). The molecular formula is C18H17N3O. The van der Waals surface area contributed by atoms with Crippen molar-refractivity contribution in [2.45, 2.75) is 6.92 Å². The fourth-order valence-corrected chi connectivity index (χ4v) is 2.64. The van der Waals surface area contributed by atoms with Crippen molar-refractivity contribution in [3.05, 3.63) is 60.0 Å². The molecule has 0 aliphatic rings. The standard InChI is InChI=1S/C18H17N3O/c1-12-16(13-7-4-3-5-8-13)17(15-9-6-10-22-15)14(11-20-2)18(19)21-12/h3-11H,1-2H3,(H2,19,21). The van der Waals surface area contributed by atoms with E-state index < -0.39 is 0 Å². The van der Waals surface area contributed by atoms with Gasteiger partial charge < -0.3 is 10.2 Å². The third-order valence-corrected chi connectivity index (χ3v) is 3.53. The quantitative estimate of drug-likeness (QED) is 0.743. The molecule has 0 spiro atoms. The summed E-state index contributed by atoms with van der Waals surface area (Å²) in [6, 6.07) is 13.9. The molecule has 2 heterocycles. The summed E-state index contributed by atoms with van der Waals surface area (Å²) in [5, 5.41) is 0. The van der Waals surface area contributed by atoms with Crippen LogP contribution in [0.5, 0.6) is 0 Å². The number of rotatable bonds is 3. The van der Waals surface area contributed by atoms with E-state index in [2.05, 4.69) is 22.1 Å². The number of anilines is 1. The molecule has 0 saturated carbocycles. The summed E-state index contributed by atoms with van der Waals surface area (Å²) in [5.74, 6) is 1.21. The number of hydrogen-bond donors (Lipinski definition) is 1. The number of furan rings is 1. The smallest absolute Gasteiger partial charge is 0.135 e. The van der Waals surface area contributed by atoms with E-state index in [1.165, 1.54) is 0 Å². The Hall–Kier alpha value is -2.88. The van der Waals surface area contributed by atoms with Crippen LogP contribution in [-0.2, 0) is 0 Å². The van der Waals surface area contributed by atoms with Crippen molar-refractivity contribution in [3.63, 3.8) is 0 Å². The topological polar surface area (TPSA) is 64.4 Å². The number of aromatic nitrogens is 1. The van der Waals surface area contributed by atoms with Crippen molar-refractivity contribution in [1.82, 2.24) is 4.98 Å². The number of hydrogen-bond acceptors (Lipinski definition) is 4. The van der Waals surface area contributed by atoms with Gasteiger partial charge in [-0.2, -0.15) is 0 Å². The van der Waals surface area contributed by atoms with Gasteiger partial charge in [0.05, 0.1) is 6.26 Å². The van der Waals surface area contributed by atoms with Crippen LogP contribution in [0.3, 0.4) is 0 Å². The molecule has 0 atom stereocenters. The Morgan fingerprint density at radius 2 is 1.86 bits per heavy atom. The van der Waals surface area contributed by atoms with E-state index in [1.54, 1.807) is 19.5 Å². The van der Waals surface area contributed by atoms with Crippen LogP contribution in [0.1, 0.15) is 11.3 Å². The van der Waals surface area contributed by atoms with Gasteiger partial charge in [0.15, 0.2) is 0 Å². The molecule has 0 saturated heterocycles. The SMILES string of the molecule is CN=Cc1c(N)nc(C)c(-c2ccccc2)c1-c1ccco1. The fraction of sp³-hybridized carbons (Fsp3) is 0.111. The Morgan fingerprint density at radius 3 is 2.50 bits per heavy atom. The van der Waals surface area contributed by atoms with Crippen molar-refractivity contribution in [1.29, 1.82) is 0 Å². The number of pyridine rings is 1. The third kappa shape index (κ3) is 2.39. The fourth-order valence-electron chi connectivity index (χ4n) is 2.64. The van der Waals surface area contributed by atoms with Crippen LogP contribution in [0.15, 0.2) is 58.1 Å². The van der Waals surface area contributed by atoms with Gasteiger partial charge >= 0.3 is 0 Å². The molecule has 1 aromatic carbocycles. The maximum absolute atomic E-state index is 6.12. The summed E-state index contributed by atoms with van der Waals surface area (Å²) in [6.07, 6.45) is 3.38. The predicted molar refractivity (Wildman–Crippen MR) is 90.0 cm³/mol. The Balaban J connectivity index is 2.40. The second-order valence-electron chi connectivity index (χ2n) is 4.98. The second kappa shape index (κ2) is 5.85. The first-order valence-corrected chi connectivity index (χ1v) is 7.04. The summed E-state index contributed by atoms with van der Waals surface area (Å²) < 4.78 is 5.63. The normalized spacial score (nSPS) is 11.2. The van der Waals surface area contributed by atoms with Crippen molar-refractivity contribution in [2.24, 2.45) is 4.99 Å².